The maximum Gasteiger partial charge on any atom is 0.0725 e. The maximum atomic E-state index is 5.16. The van der Waals surface area contributed by atoms with E-state index in [-0.39, 0.29) is 5.41 Å². The summed E-state index contributed by atoms with van der Waals surface area (Å²) in [6, 6.07) is 77.4. The van der Waals surface area contributed by atoms with Crippen LogP contribution in [0.4, 0.5) is 0 Å². The Kier molecular flexibility index (Phi) is 7.15. The predicted molar refractivity (Wildman–Crippen MR) is 228 cm³/mol. The number of hydrogen-bond acceptors (Lipinski definition) is 1. The zero-order valence-electron chi connectivity index (χ0n) is 30.2. The summed E-state index contributed by atoms with van der Waals surface area (Å²) >= 11 is 0. The summed E-state index contributed by atoms with van der Waals surface area (Å²) < 4.78 is 0. The molecule has 1 spiro atoms. The van der Waals surface area contributed by atoms with E-state index < -0.39 is 0 Å². The van der Waals surface area contributed by atoms with Gasteiger partial charge >= 0.3 is 0 Å². The van der Waals surface area contributed by atoms with Crippen LogP contribution in [0.5, 0.6) is 0 Å². The maximum absolute atomic E-state index is 5.16. The third-order valence-electron chi connectivity index (χ3n) is 11.7. The van der Waals surface area contributed by atoms with Gasteiger partial charge in [-0.1, -0.05) is 188 Å². The van der Waals surface area contributed by atoms with E-state index in [0.717, 1.165) is 28.1 Å². The fourth-order valence-electron chi connectivity index (χ4n) is 9.22. The molecule has 0 bridgehead atoms. The lowest BCUT2D eigenvalue weighted by Gasteiger charge is -2.30. The summed E-state index contributed by atoms with van der Waals surface area (Å²) in [5.74, 6) is 0. The van der Waals surface area contributed by atoms with E-state index in [9.17, 15) is 0 Å². The number of rotatable bonds is 5. The van der Waals surface area contributed by atoms with Crippen LogP contribution in [0.15, 0.2) is 212 Å². The highest BCUT2D eigenvalue weighted by molar-refractivity contribution is 5.96. The molecule has 0 unspecified atom stereocenters. The minimum atomic E-state index is -0.352. The summed E-state index contributed by atoms with van der Waals surface area (Å²) in [5, 5.41) is 0. The third kappa shape index (κ3) is 4.90. The number of benzene rings is 8. The molecule has 2 aliphatic carbocycles. The largest absolute Gasteiger partial charge is 0.248 e. The lowest BCUT2D eigenvalue weighted by molar-refractivity contribution is 0.794. The van der Waals surface area contributed by atoms with Crippen molar-refractivity contribution in [3.63, 3.8) is 0 Å². The highest BCUT2D eigenvalue weighted by Crippen LogP contribution is 2.63. The molecule has 0 N–H and O–H groups in total. The second-order valence-corrected chi connectivity index (χ2v) is 14.7. The van der Waals surface area contributed by atoms with Gasteiger partial charge in [-0.2, -0.15) is 0 Å². The van der Waals surface area contributed by atoms with E-state index >= 15 is 0 Å². The summed E-state index contributed by atoms with van der Waals surface area (Å²) in [6.07, 6.45) is 0. The monoisotopic (exact) mass is 697 g/mol. The first-order chi connectivity index (χ1) is 27.3. The normalized spacial score (nSPS) is 12.9. The third-order valence-corrected chi connectivity index (χ3v) is 11.7. The van der Waals surface area contributed by atoms with E-state index in [2.05, 4.69) is 206 Å². The molecule has 0 saturated heterocycles. The quantitative estimate of drug-likeness (QED) is 0.174. The Labute approximate surface area is 321 Å². The SMILES string of the molecule is c1ccc(-c2cc(-c3ccccc3)nc(-c3ccc(-c4cccc(-c5ccc6c(c5)C5(c7ccccc7-c7ccccc75)c5ccccc5-6)c4)cc3)c2)cc1. The zero-order valence-corrected chi connectivity index (χ0v) is 30.2. The second-order valence-electron chi connectivity index (χ2n) is 14.7. The van der Waals surface area contributed by atoms with Crippen LogP contribution in [-0.4, -0.2) is 4.98 Å². The van der Waals surface area contributed by atoms with Crippen molar-refractivity contribution < 1.29 is 0 Å². The van der Waals surface area contributed by atoms with E-state index in [1.54, 1.807) is 0 Å². The molecule has 1 heterocycles. The van der Waals surface area contributed by atoms with E-state index in [1.807, 2.05) is 6.07 Å². The van der Waals surface area contributed by atoms with Crippen molar-refractivity contribution in [2.45, 2.75) is 5.41 Å². The lowest BCUT2D eigenvalue weighted by atomic mass is 9.70. The molecule has 8 aromatic carbocycles. The molecule has 0 saturated carbocycles. The first-order valence-corrected chi connectivity index (χ1v) is 19.0. The van der Waals surface area contributed by atoms with Gasteiger partial charge in [0, 0.05) is 11.1 Å². The van der Waals surface area contributed by atoms with Crippen molar-refractivity contribution in [2.75, 3.05) is 0 Å². The topological polar surface area (TPSA) is 12.9 Å². The first kappa shape index (κ1) is 31.4. The smallest absolute Gasteiger partial charge is 0.0725 e. The minimum absolute atomic E-state index is 0.352. The Morgan fingerprint density at radius 1 is 0.236 bits per heavy atom. The van der Waals surface area contributed by atoms with Crippen LogP contribution in [0.25, 0.3) is 78.1 Å². The molecule has 0 atom stereocenters. The molecule has 0 amide bonds. The molecule has 1 nitrogen and oxygen atoms in total. The van der Waals surface area contributed by atoms with Crippen molar-refractivity contribution in [2.24, 2.45) is 0 Å². The number of nitrogens with zero attached hydrogens (tertiary/aromatic N) is 1. The van der Waals surface area contributed by atoms with E-state index in [1.165, 1.54) is 72.3 Å². The Morgan fingerprint density at radius 2 is 0.618 bits per heavy atom. The van der Waals surface area contributed by atoms with Gasteiger partial charge in [0.2, 0.25) is 0 Å². The van der Waals surface area contributed by atoms with Gasteiger partial charge in [-0.15, -0.1) is 0 Å². The molecule has 2 aliphatic rings. The van der Waals surface area contributed by atoms with Crippen LogP contribution in [-0.2, 0) is 5.41 Å². The molecule has 1 aromatic heterocycles. The predicted octanol–water partition coefficient (Wildman–Crippen LogP) is 13.8. The Bertz CT molecular complexity index is 2780. The van der Waals surface area contributed by atoms with Gasteiger partial charge in [-0.25, -0.2) is 4.98 Å². The van der Waals surface area contributed by atoms with E-state index in [0.29, 0.717) is 0 Å². The molecular weight excluding hydrogens is 663 g/mol. The fraction of sp³-hybridized carbons (Fsp3) is 0.0185. The van der Waals surface area contributed by atoms with Gasteiger partial charge in [0.05, 0.1) is 16.8 Å². The molecule has 1 heteroatoms. The Morgan fingerprint density at radius 3 is 1.20 bits per heavy atom. The zero-order chi connectivity index (χ0) is 36.3. The number of fused-ring (bicyclic) bond motifs is 10. The molecule has 0 aliphatic heterocycles. The number of aromatic nitrogens is 1. The highest BCUT2D eigenvalue weighted by atomic mass is 14.7. The Hall–Kier alpha value is -7.09. The van der Waals surface area contributed by atoms with Crippen molar-refractivity contribution in [3.8, 4) is 78.1 Å². The van der Waals surface area contributed by atoms with Gasteiger partial charge in [-0.3, -0.25) is 0 Å². The van der Waals surface area contributed by atoms with E-state index in [4.69, 9.17) is 4.98 Å². The van der Waals surface area contributed by atoms with Crippen molar-refractivity contribution in [1.82, 2.24) is 4.98 Å². The van der Waals surface area contributed by atoms with Crippen molar-refractivity contribution in [3.05, 3.63) is 235 Å². The molecule has 0 fully saturated rings. The molecule has 256 valence electrons. The van der Waals surface area contributed by atoms with Crippen LogP contribution in [0.3, 0.4) is 0 Å². The van der Waals surface area contributed by atoms with Gasteiger partial charge in [-0.05, 0) is 102 Å². The Balaban J connectivity index is 0.986. The van der Waals surface area contributed by atoms with Crippen LogP contribution in [0.2, 0.25) is 0 Å². The molecular formula is C54H35N. The van der Waals surface area contributed by atoms with Gasteiger partial charge < -0.3 is 0 Å². The van der Waals surface area contributed by atoms with Crippen LogP contribution in [0, 0.1) is 0 Å². The lowest BCUT2D eigenvalue weighted by Crippen LogP contribution is -2.25. The molecule has 9 aromatic rings. The fourth-order valence-corrected chi connectivity index (χ4v) is 9.22. The van der Waals surface area contributed by atoms with Crippen LogP contribution >= 0.6 is 0 Å². The standard InChI is InChI=1S/C54H35N/c1-3-14-36(15-4-1)43-34-52(38-16-5-2-6-17-38)55-53(35-43)39-28-26-37(27-29-39)40-18-13-19-41(32-40)42-30-31-47-46-22-9-12-25-50(46)54(51(47)33-42)48-23-10-7-20-44(48)45-21-8-11-24-49(45)54/h1-35H. The first-order valence-electron chi connectivity index (χ1n) is 19.0. The van der Waals surface area contributed by atoms with Crippen molar-refractivity contribution in [1.29, 1.82) is 0 Å². The molecule has 55 heavy (non-hydrogen) atoms. The highest BCUT2D eigenvalue weighted by Gasteiger charge is 2.51. The molecule has 0 radical (unpaired) electrons. The summed E-state index contributed by atoms with van der Waals surface area (Å²) in [7, 11) is 0. The number of pyridine rings is 1. The van der Waals surface area contributed by atoms with Gasteiger partial charge in [0.25, 0.3) is 0 Å². The average molecular weight is 698 g/mol. The summed E-state index contributed by atoms with van der Waals surface area (Å²) in [6.45, 7) is 0. The minimum Gasteiger partial charge on any atom is -0.248 e. The van der Waals surface area contributed by atoms with Gasteiger partial charge in [0.15, 0.2) is 0 Å². The van der Waals surface area contributed by atoms with Crippen molar-refractivity contribution >= 4 is 0 Å². The van der Waals surface area contributed by atoms with Crippen LogP contribution in [0.1, 0.15) is 22.3 Å². The number of hydrogen-bond donors (Lipinski definition) is 0. The summed E-state index contributed by atoms with van der Waals surface area (Å²) in [4.78, 5) is 5.16. The molecule has 11 rings (SSSR count). The van der Waals surface area contributed by atoms with Gasteiger partial charge in [0.1, 0.15) is 0 Å². The van der Waals surface area contributed by atoms with Crippen LogP contribution < -0.4 is 0 Å². The average Bonchev–Trinajstić information content (AvgIpc) is 3.74. The summed E-state index contributed by atoms with van der Waals surface area (Å²) in [5.41, 5.74) is 21.7. The second kappa shape index (κ2) is 12.5.